The molecule has 0 bridgehead atoms. The number of rotatable bonds is 9. The highest BCUT2D eigenvalue weighted by Crippen LogP contribution is 2.30. The zero-order valence-corrected chi connectivity index (χ0v) is 14.7. The average molecular weight is 304 g/mol. The van der Waals surface area contributed by atoms with Gasteiger partial charge >= 0.3 is 0 Å². The van der Waals surface area contributed by atoms with E-state index in [1.807, 2.05) is 0 Å². The molecule has 0 radical (unpaired) electrons. The summed E-state index contributed by atoms with van der Waals surface area (Å²) in [5.74, 6) is 2.38. The summed E-state index contributed by atoms with van der Waals surface area (Å²) in [4.78, 5) is 2.68. The Morgan fingerprint density at radius 2 is 1.58 bits per heavy atom. The standard InChI is InChI=1S/C16H33NS2/c1-16(2)10-12-17(13-15-19-16)11-8-6-4-3-5-7-9-14-18/h18H,3-15H2,1-2H3. The highest BCUT2D eigenvalue weighted by molar-refractivity contribution is 8.00. The molecule has 0 aromatic heterocycles. The van der Waals surface area contributed by atoms with Gasteiger partial charge in [-0.1, -0.05) is 46.0 Å². The molecule has 0 aromatic carbocycles. The van der Waals surface area contributed by atoms with Gasteiger partial charge in [-0.05, 0) is 38.1 Å². The maximum atomic E-state index is 4.25. The van der Waals surface area contributed by atoms with Crippen molar-refractivity contribution in [3.8, 4) is 0 Å². The summed E-state index contributed by atoms with van der Waals surface area (Å²) in [7, 11) is 0. The van der Waals surface area contributed by atoms with Crippen molar-refractivity contribution in [2.45, 2.75) is 70.0 Å². The molecule has 1 fully saturated rings. The molecular formula is C16H33NS2. The van der Waals surface area contributed by atoms with Crippen molar-refractivity contribution < 1.29 is 0 Å². The molecule has 0 spiro atoms. The second-order valence-electron chi connectivity index (χ2n) is 6.40. The Bertz CT molecular complexity index is 219. The van der Waals surface area contributed by atoms with Crippen LogP contribution < -0.4 is 0 Å². The average Bonchev–Trinajstić information content (AvgIpc) is 2.54. The Kier molecular flexibility index (Phi) is 9.69. The van der Waals surface area contributed by atoms with Crippen LogP contribution >= 0.6 is 24.4 Å². The lowest BCUT2D eigenvalue weighted by Gasteiger charge is -2.22. The van der Waals surface area contributed by atoms with Crippen molar-refractivity contribution in [3.05, 3.63) is 0 Å². The van der Waals surface area contributed by atoms with Crippen LogP contribution in [0.1, 0.15) is 65.2 Å². The Morgan fingerprint density at radius 1 is 0.947 bits per heavy atom. The van der Waals surface area contributed by atoms with E-state index in [4.69, 9.17) is 0 Å². The third kappa shape index (κ3) is 9.25. The van der Waals surface area contributed by atoms with Crippen LogP contribution in [0.5, 0.6) is 0 Å². The quantitative estimate of drug-likeness (QED) is 0.478. The smallest absolute Gasteiger partial charge is 0.0116 e. The molecule has 0 saturated carbocycles. The number of hydrogen-bond donors (Lipinski definition) is 1. The van der Waals surface area contributed by atoms with Crippen molar-refractivity contribution in [2.75, 3.05) is 31.1 Å². The first kappa shape index (κ1) is 17.7. The SMILES string of the molecule is CC1(C)CCN(CCCCCCCCCS)CCS1. The summed E-state index contributed by atoms with van der Waals surface area (Å²) >= 11 is 6.40. The van der Waals surface area contributed by atoms with Crippen LogP contribution in [0.3, 0.4) is 0 Å². The molecule has 0 atom stereocenters. The first-order valence-corrected chi connectivity index (χ1v) is 9.73. The lowest BCUT2D eigenvalue weighted by molar-refractivity contribution is 0.277. The molecule has 0 aliphatic carbocycles. The number of unbranched alkanes of at least 4 members (excludes halogenated alkanes) is 6. The van der Waals surface area contributed by atoms with Crippen LogP contribution in [-0.4, -0.2) is 40.8 Å². The zero-order valence-electron chi connectivity index (χ0n) is 13.0. The first-order valence-electron chi connectivity index (χ1n) is 8.11. The normalized spacial score (nSPS) is 20.4. The fraction of sp³-hybridized carbons (Fsp3) is 1.00. The Labute approximate surface area is 130 Å². The molecule has 1 aliphatic rings. The molecule has 0 amide bonds. The van der Waals surface area contributed by atoms with Crippen LogP contribution in [0, 0.1) is 0 Å². The van der Waals surface area contributed by atoms with Crippen LogP contribution in [0.4, 0.5) is 0 Å². The molecule has 1 nitrogen and oxygen atoms in total. The molecule has 114 valence electrons. The van der Waals surface area contributed by atoms with E-state index in [0.717, 1.165) is 5.75 Å². The summed E-state index contributed by atoms with van der Waals surface area (Å²) in [6.07, 6.45) is 11.1. The predicted octanol–water partition coefficient (Wildman–Crippen LogP) is 4.86. The molecule has 0 unspecified atom stereocenters. The fourth-order valence-electron chi connectivity index (χ4n) is 2.62. The Morgan fingerprint density at radius 3 is 2.26 bits per heavy atom. The molecule has 1 aliphatic heterocycles. The molecule has 19 heavy (non-hydrogen) atoms. The summed E-state index contributed by atoms with van der Waals surface area (Å²) in [5.41, 5.74) is 0. The predicted molar refractivity (Wildman–Crippen MR) is 93.8 cm³/mol. The molecule has 3 heteroatoms. The van der Waals surface area contributed by atoms with Crippen LogP contribution in [0.15, 0.2) is 0 Å². The van der Waals surface area contributed by atoms with Crippen molar-refractivity contribution in [2.24, 2.45) is 0 Å². The van der Waals surface area contributed by atoms with Crippen molar-refractivity contribution in [3.63, 3.8) is 0 Å². The molecule has 1 saturated heterocycles. The zero-order chi connectivity index (χ0) is 14.0. The fourth-order valence-corrected chi connectivity index (χ4v) is 3.98. The molecular weight excluding hydrogens is 270 g/mol. The Balaban J connectivity index is 1.94. The summed E-state index contributed by atoms with van der Waals surface area (Å²) < 4.78 is 0.502. The second-order valence-corrected chi connectivity index (χ2v) is 8.65. The van der Waals surface area contributed by atoms with Gasteiger partial charge in [-0.2, -0.15) is 24.4 Å². The lowest BCUT2D eigenvalue weighted by Crippen LogP contribution is -2.28. The van der Waals surface area contributed by atoms with Crippen molar-refractivity contribution in [1.29, 1.82) is 0 Å². The van der Waals surface area contributed by atoms with E-state index in [0.29, 0.717) is 4.75 Å². The maximum absolute atomic E-state index is 4.25. The van der Waals surface area contributed by atoms with Gasteiger partial charge in [-0.3, -0.25) is 0 Å². The second kappa shape index (κ2) is 10.4. The molecule has 0 N–H and O–H groups in total. The number of nitrogens with zero attached hydrogens (tertiary/aromatic N) is 1. The van der Waals surface area contributed by atoms with E-state index < -0.39 is 0 Å². The van der Waals surface area contributed by atoms with E-state index in [9.17, 15) is 0 Å². The van der Waals surface area contributed by atoms with E-state index in [-0.39, 0.29) is 0 Å². The number of thiol groups is 1. The third-order valence-electron chi connectivity index (χ3n) is 4.06. The minimum absolute atomic E-state index is 0.502. The van der Waals surface area contributed by atoms with Gasteiger partial charge in [-0.25, -0.2) is 0 Å². The Hall–Kier alpha value is 0.660. The van der Waals surface area contributed by atoms with Gasteiger partial charge in [0.2, 0.25) is 0 Å². The van der Waals surface area contributed by atoms with Crippen LogP contribution in [-0.2, 0) is 0 Å². The van der Waals surface area contributed by atoms with Gasteiger partial charge in [0.05, 0.1) is 0 Å². The van der Waals surface area contributed by atoms with Gasteiger partial charge in [-0.15, -0.1) is 0 Å². The third-order valence-corrected chi connectivity index (χ3v) is 5.75. The number of thioether (sulfide) groups is 1. The van der Waals surface area contributed by atoms with Crippen LogP contribution in [0.2, 0.25) is 0 Å². The van der Waals surface area contributed by atoms with E-state index >= 15 is 0 Å². The van der Waals surface area contributed by atoms with Gasteiger partial charge in [0.1, 0.15) is 0 Å². The maximum Gasteiger partial charge on any atom is 0.0116 e. The minimum atomic E-state index is 0.502. The largest absolute Gasteiger partial charge is 0.302 e. The first-order chi connectivity index (χ1) is 9.14. The minimum Gasteiger partial charge on any atom is -0.302 e. The summed E-state index contributed by atoms with van der Waals surface area (Å²) in [6.45, 7) is 8.73. The van der Waals surface area contributed by atoms with E-state index in [2.05, 4.69) is 43.1 Å². The molecule has 1 rings (SSSR count). The van der Waals surface area contributed by atoms with Crippen molar-refractivity contribution >= 4 is 24.4 Å². The lowest BCUT2D eigenvalue weighted by atomic mass is 10.1. The highest BCUT2D eigenvalue weighted by atomic mass is 32.2. The summed E-state index contributed by atoms with van der Waals surface area (Å²) in [6, 6.07) is 0. The van der Waals surface area contributed by atoms with Crippen LogP contribution in [0.25, 0.3) is 0 Å². The van der Waals surface area contributed by atoms with Crippen molar-refractivity contribution in [1.82, 2.24) is 4.90 Å². The van der Waals surface area contributed by atoms with Gasteiger partial charge in [0.25, 0.3) is 0 Å². The number of hydrogen-bond acceptors (Lipinski definition) is 3. The highest BCUT2D eigenvalue weighted by Gasteiger charge is 2.23. The summed E-state index contributed by atoms with van der Waals surface area (Å²) in [5, 5.41) is 0. The topological polar surface area (TPSA) is 3.24 Å². The monoisotopic (exact) mass is 303 g/mol. The molecule has 0 aromatic rings. The van der Waals surface area contributed by atoms with Gasteiger partial charge in [0, 0.05) is 17.0 Å². The van der Waals surface area contributed by atoms with E-state index in [1.165, 1.54) is 76.8 Å². The van der Waals surface area contributed by atoms with E-state index in [1.54, 1.807) is 0 Å². The van der Waals surface area contributed by atoms with Gasteiger partial charge < -0.3 is 4.90 Å². The molecule has 1 heterocycles. The van der Waals surface area contributed by atoms with Gasteiger partial charge in [0.15, 0.2) is 0 Å².